The summed E-state index contributed by atoms with van der Waals surface area (Å²) in [6.45, 7) is 0. The molecule has 0 amide bonds. The molecular formula is C7H8KNNaO5. The zero-order valence-electron chi connectivity index (χ0n) is 6.38. The Labute approximate surface area is 150 Å². The zero-order chi connectivity index (χ0) is 9.90. The number of aliphatic carboxylic acids is 2. The van der Waals surface area contributed by atoms with Gasteiger partial charge in [-0.1, -0.05) is 0 Å². The van der Waals surface area contributed by atoms with Crippen LogP contribution in [0.3, 0.4) is 0 Å². The normalized spacial score (nSPS) is 21.9. The van der Waals surface area contributed by atoms with Gasteiger partial charge in [0.25, 0.3) is 5.60 Å². The molecule has 6 nitrogen and oxygen atoms in total. The summed E-state index contributed by atoms with van der Waals surface area (Å²) in [5, 5.41) is 17.1. The van der Waals surface area contributed by atoms with E-state index in [2.05, 4.69) is 9.73 Å². The van der Waals surface area contributed by atoms with Gasteiger partial charge in [-0.2, -0.15) is 0 Å². The average Bonchev–Trinajstić information content (AvgIpc) is 2.04. The van der Waals surface area contributed by atoms with Crippen molar-refractivity contribution in [3.05, 3.63) is 18.9 Å². The minimum absolute atomic E-state index is 0. The summed E-state index contributed by atoms with van der Waals surface area (Å²) in [4.78, 5) is 24.5. The Morgan fingerprint density at radius 2 is 2.00 bits per heavy atom. The Balaban J connectivity index is 0. The van der Waals surface area contributed by atoms with E-state index in [1.54, 1.807) is 0 Å². The second-order valence-electron chi connectivity index (χ2n) is 2.26. The van der Waals surface area contributed by atoms with Crippen LogP contribution in [0.25, 0.3) is 0 Å². The molecule has 2 N–H and O–H groups in total. The molecule has 0 aromatic carbocycles. The van der Waals surface area contributed by atoms with Gasteiger partial charge in [-0.05, 0) is 0 Å². The fraction of sp³-hybridized carbons (Fsp3) is 0.143. The van der Waals surface area contributed by atoms with Crippen LogP contribution in [0.1, 0.15) is 0 Å². The molecule has 0 spiro atoms. The summed E-state index contributed by atoms with van der Waals surface area (Å²) in [6.07, 6.45) is 3.66. The molecule has 15 heavy (non-hydrogen) atoms. The molecule has 73 valence electrons. The molecule has 1 rings (SSSR count). The van der Waals surface area contributed by atoms with Gasteiger partial charge in [0.05, 0.1) is 12.4 Å². The second kappa shape index (κ2) is 7.96. The zero-order valence-corrected chi connectivity index (χ0v) is 6.38. The fourth-order valence-electron chi connectivity index (χ4n) is 0.784. The Kier molecular flexibility index (Phi) is 9.64. The molecule has 1 heterocycles. The van der Waals surface area contributed by atoms with Crippen molar-refractivity contribution in [2.45, 2.75) is 5.60 Å². The topological polar surface area (TPSA) is 96.2 Å². The first-order chi connectivity index (χ1) is 6.07. The maximum absolute atomic E-state index is 10.7. The molecular weight excluding hydrogens is 240 g/mol. The minimum atomic E-state index is -1.99. The Hall–Kier alpha value is 0.786. The average molecular weight is 248 g/mol. The second-order valence-corrected chi connectivity index (χ2v) is 2.26. The van der Waals surface area contributed by atoms with E-state index in [0.29, 0.717) is 6.42 Å². The standard InChI is InChI=1S/C7H6NO5.K.Na.2H/c9-5(10)3-7(6(11)12)4-8-1-2-13-7;;;;/h1-4H,(H,9,10)(H,11,12);;;;. The third-order valence-electron chi connectivity index (χ3n) is 1.35. The van der Waals surface area contributed by atoms with Gasteiger partial charge in [-0.25, -0.2) is 4.79 Å². The van der Waals surface area contributed by atoms with Crippen molar-refractivity contribution < 1.29 is 24.5 Å². The number of hydrogen-bond donors (Lipinski definition) is 2. The van der Waals surface area contributed by atoms with Crippen LogP contribution in [-0.2, 0) is 14.3 Å². The first kappa shape index (κ1) is 18.2. The predicted octanol–water partition coefficient (Wildman–Crippen LogP) is -1.63. The fourth-order valence-corrected chi connectivity index (χ4v) is 0.784. The number of ether oxygens (including phenoxy) is 1. The molecule has 0 aliphatic carbocycles. The van der Waals surface area contributed by atoms with Crippen LogP contribution in [-0.4, -0.2) is 115 Å². The van der Waals surface area contributed by atoms with Gasteiger partial charge in [0.1, 0.15) is 12.7 Å². The van der Waals surface area contributed by atoms with E-state index in [-0.39, 0.29) is 80.9 Å². The molecule has 1 unspecified atom stereocenters. The van der Waals surface area contributed by atoms with Crippen molar-refractivity contribution in [2.24, 2.45) is 4.99 Å². The summed E-state index contributed by atoms with van der Waals surface area (Å²) < 4.78 is 4.67. The summed E-state index contributed by atoms with van der Waals surface area (Å²) in [6, 6.07) is 0. The monoisotopic (exact) mass is 248 g/mol. The molecule has 0 aromatic rings. The molecule has 0 aromatic heterocycles. The SMILES string of the molecule is O=C(O)[CH]C1(C(=O)O)C=NC=CO1.[KH].[NaH]. The van der Waals surface area contributed by atoms with Crippen LogP contribution in [0.5, 0.6) is 0 Å². The van der Waals surface area contributed by atoms with Crippen LogP contribution >= 0.6 is 0 Å². The third kappa shape index (κ3) is 5.09. The van der Waals surface area contributed by atoms with E-state index in [0.717, 1.165) is 12.5 Å². The number of aliphatic imine (C=N–C) groups is 1. The van der Waals surface area contributed by atoms with E-state index < -0.39 is 17.5 Å². The van der Waals surface area contributed by atoms with Crippen molar-refractivity contribution in [3.8, 4) is 0 Å². The number of hydrogen-bond acceptors (Lipinski definition) is 4. The summed E-state index contributed by atoms with van der Waals surface area (Å²) in [5.41, 5.74) is -1.99. The van der Waals surface area contributed by atoms with Crippen molar-refractivity contribution in [3.63, 3.8) is 0 Å². The quantitative estimate of drug-likeness (QED) is 0.585. The van der Waals surface area contributed by atoms with Crippen molar-refractivity contribution >= 4 is 99.1 Å². The van der Waals surface area contributed by atoms with Gasteiger partial charge < -0.3 is 14.9 Å². The molecule has 8 heteroatoms. The molecule has 0 fully saturated rings. The molecule has 1 radical (unpaired) electrons. The van der Waals surface area contributed by atoms with Gasteiger partial charge >= 0.3 is 92.9 Å². The van der Waals surface area contributed by atoms with Crippen LogP contribution in [0.15, 0.2) is 17.5 Å². The molecule has 0 saturated heterocycles. The molecule has 1 aliphatic rings. The van der Waals surface area contributed by atoms with Gasteiger partial charge in [0.2, 0.25) is 0 Å². The van der Waals surface area contributed by atoms with Gasteiger partial charge in [0.15, 0.2) is 0 Å². The predicted molar refractivity (Wildman–Crippen MR) is 55.3 cm³/mol. The molecule has 0 saturated carbocycles. The third-order valence-corrected chi connectivity index (χ3v) is 1.35. The number of nitrogens with zero attached hydrogens (tertiary/aromatic N) is 1. The van der Waals surface area contributed by atoms with E-state index in [1.165, 1.54) is 6.20 Å². The van der Waals surface area contributed by atoms with Crippen LogP contribution in [0, 0.1) is 6.42 Å². The van der Waals surface area contributed by atoms with Crippen molar-refractivity contribution in [1.29, 1.82) is 0 Å². The van der Waals surface area contributed by atoms with Crippen LogP contribution < -0.4 is 0 Å². The van der Waals surface area contributed by atoms with Crippen molar-refractivity contribution in [2.75, 3.05) is 0 Å². The molecule has 1 aliphatic heterocycles. The first-order valence-corrected chi connectivity index (χ1v) is 3.26. The Bertz CT molecular complexity index is 306. The van der Waals surface area contributed by atoms with Crippen LogP contribution in [0.4, 0.5) is 0 Å². The summed E-state index contributed by atoms with van der Waals surface area (Å²) in [7, 11) is 0. The number of carboxylic acid groups (broad SMARTS) is 2. The van der Waals surface area contributed by atoms with Gasteiger partial charge in [-0.3, -0.25) is 9.79 Å². The van der Waals surface area contributed by atoms with E-state index >= 15 is 0 Å². The Morgan fingerprint density at radius 3 is 2.33 bits per heavy atom. The van der Waals surface area contributed by atoms with Crippen LogP contribution in [0.2, 0.25) is 0 Å². The van der Waals surface area contributed by atoms with Gasteiger partial charge in [-0.15, -0.1) is 0 Å². The van der Waals surface area contributed by atoms with E-state index in [4.69, 9.17) is 10.2 Å². The van der Waals surface area contributed by atoms with Crippen molar-refractivity contribution in [1.82, 2.24) is 0 Å². The molecule has 1 atom stereocenters. The Morgan fingerprint density at radius 1 is 1.40 bits per heavy atom. The molecule has 0 bridgehead atoms. The number of carbonyl (C=O) groups is 2. The number of carboxylic acids is 2. The first-order valence-electron chi connectivity index (χ1n) is 3.26. The summed E-state index contributed by atoms with van der Waals surface area (Å²) >= 11 is 0. The number of rotatable bonds is 3. The summed E-state index contributed by atoms with van der Waals surface area (Å²) in [5.74, 6) is -2.81. The van der Waals surface area contributed by atoms with E-state index in [9.17, 15) is 9.59 Å². The van der Waals surface area contributed by atoms with Gasteiger partial charge in [0, 0.05) is 0 Å². The van der Waals surface area contributed by atoms with E-state index in [1.807, 2.05) is 0 Å². The maximum atomic E-state index is 10.7.